The second-order valence-corrected chi connectivity index (χ2v) is 6.15. The molecule has 134 valence electrons. The van der Waals surface area contributed by atoms with Crippen LogP contribution in [0.2, 0.25) is 5.02 Å². The quantitative estimate of drug-likeness (QED) is 0.857. The number of ether oxygens (including phenoxy) is 1. The number of carbonyl (C=O) groups excluding carboxylic acids is 2. The van der Waals surface area contributed by atoms with E-state index in [2.05, 4.69) is 5.32 Å². The highest BCUT2D eigenvalue weighted by atomic mass is 35.5. The number of rotatable bonds is 4. The van der Waals surface area contributed by atoms with Gasteiger partial charge in [-0.2, -0.15) is 0 Å². The van der Waals surface area contributed by atoms with Crippen LogP contribution in [-0.4, -0.2) is 35.5 Å². The Bertz CT molecular complexity index is 882. The summed E-state index contributed by atoms with van der Waals surface area (Å²) in [6.07, 6.45) is 0. The summed E-state index contributed by atoms with van der Waals surface area (Å²) in [6, 6.07) is 9.86. The van der Waals surface area contributed by atoms with Crippen molar-refractivity contribution in [1.29, 1.82) is 0 Å². The third-order valence-electron chi connectivity index (χ3n) is 3.96. The molecule has 0 radical (unpaired) electrons. The van der Waals surface area contributed by atoms with Gasteiger partial charge in [-0.1, -0.05) is 11.6 Å². The molecule has 0 spiro atoms. The van der Waals surface area contributed by atoms with E-state index in [0.29, 0.717) is 16.5 Å². The van der Waals surface area contributed by atoms with Gasteiger partial charge in [0.05, 0.1) is 11.3 Å². The largest absolute Gasteiger partial charge is 0.482 e. The van der Waals surface area contributed by atoms with Crippen LogP contribution in [0.3, 0.4) is 0 Å². The maximum Gasteiger partial charge on any atom is 0.335 e. The van der Waals surface area contributed by atoms with Gasteiger partial charge in [-0.05, 0) is 49.4 Å². The summed E-state index contributed by atoms with van der Waals surface area (Å²) >= 11 is 5.82. The zero-order valence-electron chi connectivity index (χ0n) is 13.7. The van der Waals surface area contributed by atoms with Crippen molar-refractivity contribution in [3.8, 4) is 5.75 Å². The van der Waals surface area contributed by atoms with E-state index in [4.69, 9.17) is 21.4 Å². The maximum atomic E-state index is 12.6. The number of carboxylic acid groups (broad SMARTS) is 1. The summed E-state index contributed by atoms with van der Waals surface area (Å²) in [5, 5.41) is 12.4. The van der Waals surface area contributed by atoms with Crippen molar-refractivity contribution >= 4 is 40.8 Å². The molecule has 8 heteroatoms. The number of nitrogens with zero attached hydrogens (tertiary/aromatic N) is 1. The molecule has 1 unspecified atom stereocenters. The molecule has 0 bridgehead atoms. The number of halogens is 1. The fourth-order valence-electron chi connectivity index (χ4n) is 2.63. The highest BCUT2D eigenvalue weighted by Crippen LogP contribution is 2.34. The number of nitrogens with one attached hydrogen (secondary N) is 1. The second-order valence-electron chi connectivity index (χ2n) is 5.71. The smallest absolute Gasteiger partial charge is 0.335 e. The number of amides is 2. The Morgan fingerprint density at radius 3 is 2.58 bits per heavy atom. The predicted molar refractivity (Wildman–Crippen MR) is 95.9 cm³/mol. The van der Waals surface area contributed by atoms with E-state index in [-0.39, 0.29) is 17.9 Å². The minimum Gasteiger partial charge on any atom is -0.482 e. The van der Waals surface area contributed by atoms with Crippen molar-refractivity contribution in [1.82, 2.24) is 0 Å². The third-order valence-corrected chi connectivity index (χ3v) is 4.22. The summed E-state index contributed by atoms with van der Waals surface area (Å²) in [4.78, 5) is 37.4. The van der Waals surface area contributed by atoms with Gasteiger partial charge >= 0.3 is 5.97 Å². The lowest BCUT2D eigenvalue weighted by Crippen LogP contribution is -2.49. The van der Waals surface area contributed by atoms with Crippen LogP contribution in [0.4, 0.5) is 11.4 Å². The Hall–Kier alpha value is -3.06. The molecule has 1 aliphatic rings. The molecule has 0 saturated heterocycles. The molecule has 26 heavy (non-hydrogen) atoms. The first-order valence-corrected chi connectivity index (χ1v) is 8.13. The van der Waals surface area contributed by atoms with Crippen LogP contribution in [-0.2, 0) is 9.59 Å². The normalized spacial score (nSPS) is 14.2. The maximum absolute atomic E-state index is 12.6. The fraction of sp³-hybridized carbons (Fsp3) is 0.167. The van der Waals surface area contributed by atoms with Crippen molar-refractivity contribution < 1.29 is 24.2 Å². The van der Waals surface area contributed by atoms with Crippen LogP contribution in [0.15, 0.2) is 42.5 Å². The van der Waals surface area contributed by atoms with Crippen molar-refractivity contribution in [2.45, 2.75) is 13.0 Å². The van der Waals surface area contributed by atoms with Gasteiger partial charge in [0.25, 0.3) is 5.91 Å². The molecule has 1 heterocycles. The van der Waals surface area contributed by atoms with Crippen LogP contribution < -0.4 is 15.0 Å². The number of carbonyl (C=O) groups is 3. The van der Waals surface area contributed by atoms with Crippen molar-refractivity contribution in [3.05, 3.63) is 53.1 Å². The van der Waals surface area contributed by atoms with E-state index < -0.39 is 23.8 Å². The Morgan fingerprint density at radius 1 is 1.23 bits per heavy atom. The van der Waals surface area contributed by atoms with Crippen LogP contribution in [0.25, 0.3) is 0 Å². The number of hydrogen-bond acceptors (Lipinski definition) is 4. The first kappa shape index (κ1) is 17.8. The number of hydrogen-bond donors (Lipinski definition) is 2. The molecule has 1 atom stereocenters. The molecule has 0 saturated carbocycles. The van der Waals surface area contributed by atoms with E-state index in [9.17, 15) is 14.4 Å². The average Bonchev–Trinajstić information content (AvgIpc) is 2.62. The van der Waals surface area contributed by atoms with Crippen molar-refractivity contribution in [3.63, 3.8) is 0 Å². The predicted octanol–water partition coefficient (Wildman–Crippen LogP) is 2.79. The van der Waals surface area contributed by atoms with Crippen LogP contribution >= 0.6 is 11.6 Å². The molecule has 2 aromatic carbocycles. The van der Waals surface area contributed by atoms with Gasteiger partial charge in [-0.15, -0.1) is 0 Å². The number of fused-ring (bicyclic) bond motifs is 1. The molecule has 2 amide bonds. The molecule has 7 nitrogen and oxygen atoms in total. The molecule has 3 rings (SSSR count). The van der Waals surface area contributed by atoms with E-state index in [0.717, 1.165) is 0 Å². The molecule has 1 aliphatic heterocycles. The number of benzene rings is 2. The van der Waals surface area contributed by atoms with E-state index >= 15 is 0 Å². The Kier molecular flexibility index (Phi) is 4.81. The van der Waals surface area contributed by atoms with Crippen molar-refractivity contribution in [2.24, 2.45) is 0 Å². The first-order chi connectivity index (χ1) is 12.4. The average molecular weight is 375 g/mol. The lowest BCUT2D eigenvalue weighted by Gasteiger charge is -2.33. The van der Waals surface area contributed by atoms with E-state index in [1.54, 1.807) is 31.2 Å². The number of aromatic carboxylic acids is 1. The summed E-state index contributed by atoms with van der Waals surface area (Å²) in [6.45, 7) is 1.34. The topological polar surface area (TPSA) is 95.9 Å². The molecular weight excluding hydrogens is 360 g/mol. The van der Waals surface area contributed by atoms with E-state index in [1.165, 1.54) is 23.1 Å². The van der Waals surface area contributed by atoms with Gasteiger partial charge in [0.15, 0.2) is 6.61 Å². The molecular formula is C18H15ClN2O5. The fourth-order valence-corrected chi connectivity index (χ4v) is 2.75. The highest BCUT2D eigenvalue weighted by molar-refractivity contribution is 6.30. The van der Waals surface area contributed by atoms with Crippen molar-refractivity contribution in [2.75, 3.05) is 16.8 Å². The minimum absolute atomic E-state index is 0.00244. The summed E-state index contributed by atoms with van der Waals surface area (Å²) < 4.78 is 5.33. The van der Waals surface area contributed by atoms with Crippen LogP contribution in [0.1, 0.15) is 17.3 Å². The van der Waals surface area contributed by atoms with Gasteiger partial charge in [-0.3, -0.25) is 14.5 Å². The lowest BCUT2D eigenvalue weighted by molar-refractivity contribution is -0.125. The molecule has 0 fully saturated rings. The molecule has 0 aliphatic carbocycles. The highest BCUT2D eigenvalue weighted by Gasteiger charge is 2.33. The molecule has 0 aromatic heterocycles. The monoisotopic (exact) mass is 374 g/mol. The van der Waals surface area contributed by atoms with E-state index in [1.807, 2.05) is 0 Å². The standard InChI is InChI=1S/C18H15ClN2O5/c1-10(17(23)20-13-5-3-12(19)4-6-13)21-14-8-11(18(24)25)2-7-15(14)26-9-16(21)22/h2-8,10H,9H2,1H3,(H,20,23)(H,24,25). The van der Waals surface area contributed by atoms with Crippen LogP contribution in [0.5, 0.6) is 5.75 Å². The van der Waals surface area contributed by atoms with Gasteiger partial charge < -0.3 is 15.2 Å². The number of carboxylic acids is 1. The zero-order valence-corrected chi connectivity index (χ0v) is 14.5. The summed E-state index contributed by atoms with van der Waals surface area (Å²) in [5.41, 5.74) is 0.781. The first-order valence-electron chi connectivity index (χ1n) is 7.75. The Morgan fingerprint density at radius 2 is 1.92 bits per heavy atom. The van der Waals surface area contributed by atoms with Gasteiger partial charge in [-0.25, -0.2) is 4.79 Å². The minimum atomic E-state index is -1.14. The van der Waals surface area contributed by atoms with Crippen LogP contribution in [0, 0.1) is 0 Å². The van der Waals surface area contributed by atoms with Gasteiger partial charge in [0, 0.05) is 10.7 Å². The molecule has 2 N–H and O–H groups in total. The van der Waals surface area contributed by atoms with Gasteiger partial charge in [0.2, 0.25) is 5.91 Å². The Balaban J connectivity index is 1.88. The zero-order chi connectivity index (χ0) is 18.8. The Labute approximate surface area is 154 Å². The third kappa shape index (κ3) is 3.48. The second kappa shape index (κ2) is 7.05. The molecule has 2 aromatic rings. The SMILES string of the molecule is CC(C(=O)Nc1ccc(Cl)cc1)N1C(=O)COc2ccc(C(=O)O)cc21. The van der Waals surface area contributed by atoms with Gasteiger partial charge in [0.1, 0.15) is 11.8 Å². The number of anilines is 2. The lowest BCUT2D eigenvalue weighted by atomic mass is 10.1. The summed E-state index contributed by atoms with van der Waals surface area (Å²) in [7, 11) is 0. The summed E-state index contributed by atoms with van der Waals surface area (Å²) in [5.74, 6) is -1.64.